The van der Waals surface area contributed by atoms with Gasteiger partial charge in [0.25, 0.3) is 0 Å². The summed E-state index contributed by atoms with van der Waals surface area (Å²) in [5.41, 5.74) is -0.492. The van der Waals surface area contributed by atoms with Gasteiger partial charge in [0.2, 0.25) is 0 Å². The molecule has 0 aromatic carbocycles. The number of alkyl carbamates (subject to hydrolysis) is 1. The Kier molecular flexibility index (Phi) is 5.79. The van der Waals surface area contributed by atoms with Gasteiger partial charge in [-0.2, -0.15) is 5.10 Å². The molecule has 0 bridgehead atoms. The maximum atomic E-state index is 11.5. The van der Waals surface area contributed by atoms with E-state index < -0.39 is 11.7 Å². The maximum absolute atomic E-state index is 11.5. The zero-order chi connectivity index (χ0) is 14.3. The summed E-state index contributed by atoms with van der Waals surface area (Å²) in [6.45, 7) is 7.91. The molecule has 0 unspecified atom stereocenters. The van der Waals surface area contributed by atoms with Crippen LogP contribution in [0.4, 0.5) is 4.79 Å². The fourth-order valence-electron chi connectivity index (χ4n) is 1.53. The average Bonchev–Trinajstić information content (AvgIpc) is 2.72. The van der Waals surface area contributed by atoms with E-state index in [9.17, 15) is 4.79 Å². The van der Waals surface area contributed by atoms with Gasteiger partial charge < -0.3 is 10.1 Å². The number of rotatable bonds is 6. The van der Waals surface area contributed by atoms with E-state index in [1.165, 1.54) is 12.8 Å². The number of aromatic nitrogens is 3. The second kappa shape index (κ2) is 7.11. The maximum Gasteiger partial charge on any atom is 0.408 e. The van der Waals surface area contributed by atoms with Crippen LogP contribution in [0.15, 0.2) is 0 Å². The molecule has 2 N–H and O–H groups in total. The van der Waals surface area contributed by atoms with Crippen LogP contribution >= 0.6 is 0 Å². The molecule has 1 aromatic heterocycles. The van der Waals surface area contributed by atoms with Gasteiger partial charge in [-0.05, 0) is 27.2 Å². The molecule has 0 aliphatic carbocycles. The van der Waals surface area contributed by atoms with Crippen molar-refractivity contribution in [3.05, 3.63) is 11.6 Å². The summed E-state index contributed by atoms with van der Waals surface area (Å²) in [5.74, 6) is 1.45. The van der Waals surface area contributed by atoms with Crippen LogP contribution in [0.1, 0.15) is 58.6 Å². The van der Waals surface area contributed by atoms with E-state index in [0.29, 0.717) is 5.82 Å². The third-order valence-corrected chi connectivity index (χ3v) is 2.38. The predicted molar refractivity (Wildman–Crippen MR) is 72.7 cm³/mol. The molecule has 0 fully saturated rings. The Balaban J connectivity index is 2.31. The van der Waals surface area contributed by atoms with Crippen LogP contribution in [0.3, 0.4) is 0 Å². The molecule has 1 aromatic rings. The number of hydrogen-bond acceptors (Lipinski definition) is 4. The van der Waals surface area contributed by atoms with E-state index in [2.05, 4.69) is 27.4 Å². The Morgan fingerprint density at radius 1 is 1.37 bits per heavy atom. The highest BCUT2D eigenvalue weighted by molar-refractivity contribution is 5.67. The van der Waals surface area contributed by atoms with Crippen molar-refractivity contribution < 1.29 is 9.53 Å². The molecule has 108 valence electrons. The smallest absolute Gasteiger partial charge is 0.408 e. The number of amides is 1. The van der Waals surface area contributed by atoms with Gasteiger partial charge in [-0.25, -0.2) is 9.78 Å². The van der Waals surface area contributed by atoms with E-state index in [4.69, 9.17) is 4.74 Å². The molecule has 0 saturated heterocycles. The summed E-state index contributed by atoms with van der Waals surface area (Å²) in [4.78, 5) is 15.8. The molecule has 0 saturated carbocycles. The monoisotopic (exact) mass is 268 g/mol. The average molecular weight is 268 g/mol. The van der Waals surface area contributed by atoms with Gasteiger partial charge in [-0.3, -0.25) is 5.10 Å². The van der Waals surface area contributed by atoms with Gasteiger partial charge in [0, 0.05) is 6.42 Å². The summed E-state index contributed by atoms with van der Waals surface area (Å²) < 4.78 is 5.13. The van der Waals surface area contributed by atoms with Crippen LogP contribution in [0.25, 0.3) is 0 Å². The lowest BCUT2D eigenvalue weighted by Gasteiger charge is -2.19. The molecular weight excluding hydrogens is 244 g/mol. The molecule has 6 heteroatoms. The Hall–Kier alpha value is -1.59. The molecule has 0 radical (unpaired) electrons. The van der Waals surface area contributed by atoms with Gasteiger partial charge >= 0.3 is 6.09 Å². The second-order valence-corrected chi connectivity index (χ2v) is 5.51. The molecule has 6 nitrogen and oxygen atoms in total. The van der Waals surface area contributed by atoms with E-state index in [1.54, 1.807) is 0 Å². The summed E-state index contributed by atoms with van der Waals surface area (Å²) in [6.07, 6.45) is 3.91. The van der Waals surface area contributed by atoms with Crippen LogP contribution in [-0.4, -0.2) is 26.9 Å². The molecule has 1 rings (SSSR count). The number of H-pyrrole nitrogens is 1. The lowest BCUT2D eigenvalue weighted by Crippen LogP contribution is -2.32. The van der Waals surface area contributed by atoms with Crippen molar-refractivity contribution in [2.45, 2.75) is 65.5 Å². The summed E-state index contributed by atoms with van der Waals surface area (Å²) in [5, 5.41) is 9.57. The number of carbonyl (C=O) groups is 1. The standard InChI is InChI=1S/C13H24N4O2/c1-5-6-7-8-10-15-11(17-16-10)9-14-12(18)19-13(2,3)4/h5-9H2,1-4H3,(H,14,18)(H,15,16,17). The van der Waals surface area contributed by atoms with Gasteiger partial charge in [0.1, 0.15) is 11.4 Å². The lowest BCUT2D eigenvalue weighted by molar-refractivity contribution is 0.0522. The van der Waals surface area contributed by atoms with Crippen molar-refractivity contribution in [2.75, 3.05) is 0 Å². The quantitative estimate of drug-likeness (QED) is 0.777. The highest BCUT2D eigenvalue weighted by atomic mass is 16.6. The van der Waals surface area contributed by atoms with Crippen molar-refractivity contribution in [3.63, 3.8) is 0 Å². The highest BCUT2D eigenvalue weighted by Crippen LogP contribution is 2.06. The number of unbranched alkanes of at least 4 members (excludes halogenated alkanes) is 2. The molecule has 0 aliphatic heterocycles. The SMILES string of the molecule is CCCCCc1nc(CNC(=O)OC(C)(C)C)n[nH]1. The molecule has 1 heterocycles. The predicted octanol–water partition coefficient (Wildman–Crippen LogP) is 2.56. The first-order chi connectivity index (χ1) is 8.90. The van der Waals surface area contributed by atoms with Crippen molar-refractivity contribution in [3.8, 4) is 0 Å². The Morgan fingerprint density at radius 3 is 2.74 bits per heavy atom. The third-order valence-electron chi connectivity index (χ3n) is 2.38. The Bertz CT molecular complexity index is 396. The second-order valence-electron chi connectivity index (χ2n) is 5.51. The van der Waals surface area contributed by atoms with Crippen molar-refractivity contribution >= 4 is 6.09 Å². The summed E-state index contributed by atoms with van der Waals surface area (Å²) >= 11 is 0. The number of aromatic amines is 1. The first kappa shape index (κ1) is 15.5. The fourth-order valence-corrected chi connectivity index (χ4v) is 1.53. The number of aryl methyl sites for hydroxylation is 1. The van der Waals surface area contributed by atoms with Crippen molar-refractivity contribution in [1.82, 2.24) is 20.5 Å². The Labute approximate surface area is 114 Å². The number of ether oxygens (including phenoxy) is 1. The third kappa shape index (κ3) is 6.79. The number of carbonyl (C=O) groups excluding carboxylic acids is 1. The van der Waals surface area contributed by atoms with Gasteiger partial charge in [-0.15, -0.1) is 0 Å². The molecule has 0 atom stereocenters. The molecular formula is C13H24N4O2. The normalized spacial score (nSPS) is 11.4. The summed E-state index contributed by atoms with van der Waals surface area (Å²) in [6, 6.07) is 0. The first-order valence-electron chi connectivity index (χ1n) is 6.77. The minimum absolute atomic E-state index is 0.277. The van der Waals surface area contributed by atoms with Gasteiger partial charge in [-0.1, -0.05) is 19.8 Å². The van der Waals surface area contributed by atoms with Crippen LogP contribution in [0, 0.1) is 0 Å². The van der Waals surface area contributed by atoms with Crippen molar-refractivity contribution in [1.29, 1.82) is 0 Å². The van der Waals surface area contributed by atoms with E-state index in [0.717, 1.165) is 18.7 Å². The largest absolute Gasteiger partial charge is 0.444 e. The number of nitrogens with one attached hydrogen (secondary N) is 2. The van der Waals surface area contributed by atoms with Gasteiger partial charge in [0.05, 0.1) is 6.54 Å². The highest BCUT2D eigenvalue weighted by Gasteiger charge is 2.16. The minimum Gasteiger partial charge on any atom is -0.444 e. The molecule has 1 amide bonds. The van der Waals surface area contributed by atoms with E-state index >= 15 is 0 Å². The Morgan fingerprint density at radius 2 is 2.11 bits per heavy atom. The topological polar surface area (TPSA) is 79.9 Å². The van der Waals surface area contributed by atoms with Crippen molar-refractivity contribution in [2.24, 2.45) is 0 Å². The lowest BCUT2D eigenvalue weighted by atomic mass is 10.2. The van der Waals surface area contributed by atoms with Crippen LogP contribution < -0.4 is 5.32 Å². The zero-order valence-electron chi connectivity index (χ0n) is 12.2. The van der Waals surface area contributed by atoms with E-state index in [1.807, 2.05) is 20.8 Å². The number of hydrogen-bond donors (Lipinski definition) is 2. The zero-order valence-corrected chi connectivity index (χ0v) is 12.2. The minimum atomic E-state index is -0.492. The van der Waals surface area contributed by atoms with E-state index in [-0.39, 0.29) is 6.54 Å². The molecule has 19 heavy (non-hydrogen) atoms. The van der Waals surface area contributed by atoms with Crippen LogP contribution in [-0.2, 0) is 17.7 Å². The van der Waals surface area contributed by atoms with Gasteiger partial charge in [0.15, 0.2) is 5.82 Å². The molecule has 0 aliphatic rings. The number of nitrogens with zero attached hydrogens (tertiary/aromatic N) is 2. The summed E-state index contributed by atoms with van der Waals surface area (Å²) in [7, 11) is 0. The molecule has 0 spiro atoms. The first-order valence-corrected chi connectivity index (χ1v) is 6.77. The van der Waals surface area contributed by atoms with Crippen LogP contribution in [0.5, 0.6) is 0 Å². The van der Waals surface area contributed by atoms with Crippen LogP contribution in [0.2, 0.25) is 0 Å². The fraction of sp³-hybridized carbons (Fsp3) is 0.769.